The van der Waals surface area contributed by atoms with Gasteiger partial charge in [0.25, 0.3) is 5.91 Å². The highest BCUT2D eigenvalue weighted by Gasteiger charge is 2.18. The van der Waals surface area contributed by atoms with Crippen molar-refractivity contribution in [3.63, 3.8) is 0 Å². The SMILES string of the molecule is COCc1ccc(CNC(=O)c2cn(-c3ccccc3)nc2-c2ccc(OC)cc2)cc1. The van der Waals surface area contributed by atoms with Crippen molar-refractivity contribution in [2.24, 2.45) is 0 Å². The van der Waals surface area contributed by atoms with E-state index >= 15 is 0 Å². The van der Waals surface area contributed by atoms with Crippen LogP contribution in [0.4, 0.5) is 0 Å². The van der Waals surface area contributed by atoms with E-state index in [1.165, 1.54) is 0 Å². The lowest BCUT2D eigenvalue weighted by Gasteiger charge is -2.07. The molecule has 32 heavy (non-hydrogen) atoms. The van der Waals surface area contributed by atoms with Gasteiger partial charge in [-0.3, -0.25) is 4.79 Å². The number of aromatic nitrogens is 2. The van der Waals surface area contributed by atoms with Crippen LogP contribution in [-0.2, 0) is 17.9 Å². The van der Waals surface area contributed by atoms with Crippen molar-refractivity contribution in [1.82, 2.24) is 15.1 Å². The third-order valence-corrected chi connectivity index (χ3v) is 5.13. The zero-order valence-corrected chi connectivity index (χ0v) is 18.1. The maximum Gasteiger partial charge on any atom is 0.255 e. The monoisotopic (exact) mass is 427 g/mol. The standard InChI is InChI=1S/C26H25N3O3/c1-31-18-20-10-8-19(9-11-20)16-27-26(30)24-17-29(22-6-4-3-5-7-22)28-25(24)21-12-14-23(32-2)15-13-21/h3-15,17H,16,18H2,1-2H3,(H,27,30). The average molecular weight is 428 g/mol. The van der Waals surface area contributed by atoms with E-state index < -0.39 is 0 Å². The topological polar surface area (TPSA) is 65.4 Å². The molecule has 0 unspecified atom stereocenters. The fourth-order valence-corrected chi connectivity index (χ4v) is 3.41. The number of amides is 1. The Morgan fingerprint density at radius 3 is 2.25 bits per heavy atom. The van der Waals surface area contributed by atoms with Gasteiger partial charge in [-0.25, -0.2) is 4.68 Å². The number of hydrogen-bond acceptors (Lipinski definition) is 4. The van der Waals surface area contributed by atoms with E-state index in [0.29, 0.717) is 24.4 Å². The third kappa shape index (κ3) is 4.87. The Morgan fingerprint density at radius 2 is 1.59 bits per heavy atom. The molecule has 3 aromatic carbocycles. The average Bonchev–Trinajstić information content (AvgIpc) is 3.30. The molecule has 0 aliphatic heterocycles. The molecular formula is C26H25N3O3. The van der Waals surface area contributed by atoms with Crippen molar-refractivity contribution < 1.29 is 14.3 Å². The molecule has 0 saturated heterocycles. The largest absolute Gasteiger partial charge is 0.497 e. The highest BCUT2D eigenvalue weighted by molar-refractivity contribution is 5.99. The van der Waals surface area contributed by atoms with Gasteiger partial charge in [0.15, 0.2) is 0 Å². The third-order valence-electron chi connectivity index (χ3n) is 5.13. The molecule has 0 fully saturated rings. The summed E-state index contributed by atoms with van der Waals surface area (Å²) >= 11 is 0. The van der Waals surface area contributed by atoms with Crippen molar-refractivity contribution in [3.05, 3.63) is 102 Å². The molecule has 6 nitrogen and oxygen atoms in total. The van der Waals surface area contributed by atoms with Crippen molar-refractivity contribution in [1.29, 1.82) is 0 Å². The Labute approximate surface area is 187 Å². The van der Waals surface area contributed by atoms with E-state index in [4.69, 9.17) is 14.6 Å². The first kappa shape index (κ1) is 21.3. The summed E-state index contributed by atoms with van der Waals surface area (Å²) in [7, 11) is 3.30. The van der Waals surface area contributed by atoms with Crippen LogP contribution in [0.5, 0.6) is 5.75 Å². The van der Waals surface area contributed by atoms with Crippen LogP contribution in [0.25, 0.3) is 16.9 Å². The fourth-order valence-electron chi connectivity index (χ4n) is 3.41. The maximum atomic E-state index is 13.1. The van der Waals surface area contributed by atoms with Gasteiger partial charge in [0.05, 0.1) is 25.0 Å². The lowest BCUT2D eigenvalue weighted by Crippen LogP contribution is -2.23. The number of rotatable bonds is 8. The van der Waals surface area contributed by atoms with E-state index in [-0.39, 0.29) is 5.91 Å². The van der Waals surface area contributed by atoms with Gasteiger partial charge in [-0.05, 0) is 47.5 Å². The molecule has 0 saturated carbocycles. The van der Waals surface area contributed by atoms with Crippen LogP contribution in [0.3, 0.4) is 0 Å². The highest BCUT2D eigenvalue weighted by Crippen LogP contribution is 2.26. The van der Waals surface area contributed by atoms with Crippen LogP contribution < -0.4 is 10.1 Å². The van der Waals surface area contributed by atoms with Crippen LogP contribution in [0.2, 0.25) is 0 Å². The number of para-hydroxylation sites is 1. The fraction of sp³-hybridized carbons (Fsp3) is 0.154. The molecule has 4 aromatic rings. The minimum absolute atomic E-state index is 0.182. The first-order valence-electron chi connectivity index (χ1n) is 10.3. The number of benzene rings is 3. The molecular weight excluding hydrogens is 402 g/mol. The minimum atomic E-state index is -0.182. The van der Waals surface area contributed by atoms with E-state index in [1.54, 1.807) is 25.1 Å². The second-order valence-corrected chi connectivity index (χ2v) is 7.33. The van der Waals surface area contributed by atoms with Gasteiger partial charge >= 0.3 is 0 Å². The molecule has 0 atom stereocenters. The van der Waals surface area contributed by atoms with Gasteiger partial charge in [0.2, 0.25) is 0 Å². The van der Waals surface area contributed by atoms with Crippen LogP contribution in [0.15, 0.2) is 85.1 Å². The normalized spacial score (nSPS) is 10.7. The number of carbonyl (C=O) groups excluding carboxylic acids is 1. The van der Waals surface area contributed by atoms with Crippen LogP contribution in [-0.4, -0.2) is 29.9 Å². The van der Waals surface area contributed by atoms with Gasteiger partial charge in [-0.15, -0.1) is 0 Å². The van der Waals surface area contributed by atoms with Gasteiger partial charge in [0.1, 0.15) is 11.4 Å². The molecule has 6 heteroatoms. The molecule has 0 spiro atoms. The second kappa shape index (κ2) is 9.94. The molecule has 0 aliphatic carbocycles. The number of nitrogens with one attached hydrogen (secondary N) is 1. The van der Waals surface area contributed by atoms with E-state index in [9.17, 15) is 4.79 Å². The molecule has 0 bridgehead atoms. The first-order chi connectivity index (χ1) is 15.7. The van der Waals surface area contributed by atoms with Gasteiger partial charge < -0.3 is 14.8 Å². The molecule has 1 N–H and O–H groups in total. The zero-order valence-electron chi connectivity index (χ0n) is 18.1. The summed E-state index contributed by atoms with van der Waals surface area (Å²) in [5, 5.41) is 7.73. The van der Waals surface area contributed by atoms with Crippen molar-refractivity contribution in [2.45, 2.75) is 13.2 Å². The Hall–Kier alpha value is -3.90. The van der Waals surface area contributed by atoms with Gasteiger partial charge in [-0.1, -0.05) is 42.5 Å². The summed E-state index contributed by atoms with van der Waals surface area (Å²) < 4.78 is 12.1. The summed E-state index contributed by atoms with van der Waals surface area (Å²) in [4.78, 5) is 13.1. The van der Waals surface area contributed by atoms with Crippen molar-refractivity contribution in [3.8, 4) is 22.7 Å². The van der Waals surface area contributed by atoms with Gasteiger partial charge in [-0.2, -0.15) is 5.10 Å². The Balaban J connectivity index is 1.60. The van der Waals surface area contributed by atoms with E-state index in [2.05, 4.69) is 5.32 Å². The number of nitrogens with zero attached hydrogens (tertiary/aromatic N) is 2. The first-order valence-corrected chi connectivity index (χ1v) is 10.3. The minimum Gasteiger partial charge on any atom is -0.497 e. The summed E-state index contributed by atoms with van der Waals surface area (Å²) in [6.07, 6.45) is 1.77. The van der Waals surface area contributed by atoms with Crippen LogP contribution >= 0.6 is 0 Å². The van der Waals surface area contributed by atoms with Crippen molar-refractivity contribution >= 4 is 5.91 Å². The molecule has 1 amide bonds. The number of hydrogen-bond donors (Lipinski definition) is 1. The zero-order chi connectivity index (χ0) is 22.3. The lowest BCUT2D eigenvalue weighted by molar-refractivity contribution is 0.0951. The smallest absolute Gasteiger partial charge is 0.255 e. The molecule has 1 aromatic heterocycles. The number of ether oxygens (including phenoxy) is 2. The molecule has 1 heterocycles. The summed E-state index contributed by atoms with van der Waals surface area (Å²) in [5.74, 6) is 0.568. The maximum absolute atomic E-state index is 13.1. The molecule has 4 rings (SSSR count). The Kier molecular flexibility index (Phi) is 6.63. The summed E-state index contributed by atoms with van der Waals surface area (Å²) in [6.45, 7) is 0.987. The predicted molar refractivity (Wildman–Crippen MR) is 124 cm³/mol. The Morgan fingerprint density at radius 1 is 0.906 bits per heavy atom. The quantitative estimate of drug-likeness (QED) is 0.445. The molecule has 0 aliphatic rings. The Bertz CT molecular complexity index is 1170. The highest BCUT2D eigenvalue weighted by atomic mass is 16.5. The van der Waals surface area contributed by atoms with Crippen molar-refractivity contribution in [2.75, 3.05) is 14.2 Å². The van der Waals surface area contributed by atoms with Crippen LogP contribution in [0, 0.1) is 0 Å². The molecule has 162 valence electrons. The summed E-state index contributed by atoms with van der Waals surface area (Å²) in [5.41, 5.74) is 4.96. The number of methoxy groups -OCH3 is 2. The van der Waals surface area contributed by atoms with E-state index in [1.807, 2.05) is 78.9 Å². The lowest BCUT2D eigenvalue weighted by atomic mass is 10.1. The summed E-state index contributed by atoms with van der Waals surface area (Å²) in [6, 6.07) is 25.3. The predicted octanol–water partition coefficient (Wildman–Crippen LogP) is 4.62. The number of carbonyl (C=O) groups is 1. The van der Waals surface area contributed by atoms with Gasteiger partial charge in [0, 0.05) is 25.4 Å². The second-order valence-electron chi connectivity index (χ2n) is 7.33. The van der Waals surface area contributed by atoms with E-state index in [0.717, 1.165) is 28.1 Å². The van der Waals surface area contributed by atoms with Crippen LogP contribution in [0.1, 0.15) is 21.5 Å². The molecule has 0 radical (unpaired) electrons.